The van der Waals surface area contributed by atoms with Gasteiger partial charge in [-0.25, -0.2) is 9.83 Å². The molecule has 6 heteroatoms. The molecule has 4 rings (SSSR count). The Morgan fingerprint density at radius 2 is 2.07 bits per heavy atom. The standard InChI is InChI=1S/C21H20N4O2/c1-13-11-14(22-2)12-17-19(13)24-20(18-5-4-10-23-18)25(21(17)26)15-6-8-16(27-3)9-7-15/h6-9,11-12,18,23H,4-5,10H2,1,3H3/t18-/m0/s1. The first kappa shape index (κ1) is 17.3. The lowest BCUT2D eigenvalue weighted by molar-refractivity contribution is 0.414. The van der Waals surface area contributed by atoms with Crippen LogP contribution >= 0.6 is 0 Å². The summed E-state index contributed by atoms with van der Waals surface area (Å²) in [6.45, 7) is 10.1. The van der Waals surface area contributed by atoms with Gasteiger partial charge in [0, 0.05) is 0 Å². The third kappa shape index (κ3) is 2.96. The fraction of sp³-hybridized carbons (Fsp3) is 0.286. The van der Waals surface area contributed by atoms with Crippen molar-refractivity contribution in [3.8, 4) is 11.4 Å². The van der Waals surface area contributed by atoms with Gasteiger partial charge in [0.05, 0.1) is 36.3 Å². The molecule has 27 heavy (non-hydrogen) atoms. The van der Waals surface area contributed by atoms with Gasteiger partial charge in [0.15, 0.2) is 5.69 Å². The lowest BCUT2D eigenvalue weighted by Gasteiger charge is -2.19. The van der Waals surface area contributed by atoms with Crippen molar-refractivity contribution in [1.82, 2.24) is 14.9 Å². The Morgan fingerprint density at radius 1 is 1.30 bits per heavy atom. The third-order valence-corrected chi connectivity index (χ3v) is 5.01. The summed E-state index contributed by atoms with van der Waals surface area (Å²) in [4.78, 5) is 21.8. The lowest BCUT2D eigenvalue weighted by Crippen LogP contribution is -2.29. The highest BCUT2D eigenvalue weighted by atomic mass is 16.5. The molecule has 1 fully saturated rings. The molecule has 2 heterocycles. The molecule has 1 aromatic heterocycles. The molecule has 0 saturated carbocycles. The number of aromatic nitrogens is 2. The second kappa shape index (κ2) is 6.86. The molecule has 0 spiro atoms. The van der Waals surface area contributed by atoms with Crippen molar-refractivity contribution in [2.75, 3.05) is 13.7 Å². The molecule has 0 aliphatic carbocycles. The van der Waals surface area contributed by atoms with Crippen molar-refractivity contribution in [2.24, 2.45) is 0 Å². The molecule has 0 radical (unpaired) electrons. The largest absolute Gasteiger partial charge is 0.497 e. The normalized spacial score (nSPS) is 16.4. The maximum Gasteiger partial charge on any atom is 0.264 e. The summed E-state index contributed by atoms with van der Waals surface area (Å²) in [5.74, 6) is 1.45. The van der Waals surface area contributed by atoms with Crippen LogP contribution < -0.4 is 15.6 Å². The van der Waals surface area contributed by atoms with E-state index in [-0.39, 0.29) is 11.6 Å². The highest BCUT2D eigenvalue weighted by Crippen LogP contribution is 2.28. The van der Waals surface area contributed by atoms with Gasteiger partial charge in [0.2, 0.25) is 0 Å². The molecule has 1 aliphatic rings. The van der Waals surface area contributed by atoms with Gasteiger partial charge in [-0.2, -0.15) is 0 Å². The molecule has 2 aromatic carbocycles. The maximum atomic E-state index is 13.4. The number of rotatable bonds is 3. The molecule has 136 valence electrons. The van der Waals surface area contributed by atoms with E-state index in [1.807, 2.05) is 31.2 Å². The minimum atomic E-state index is -0.150. The van der Waals surface area contributed by atoms with E-state index in [1.54, 1.807) is 23.8 Å². The van der Waals surface area contributed by atoms with E-state index in [1.165, 1.54) is 0 Å². The van der Waals surface area contributed by atoms with Crippen molar-refractivity contribution >= 4 is 16.6 Å². The minimum absolute atomic E-state index is 0.0316. The monoisotopic (exact) mass is 360 g/mol. The van der Waals surface area contributed by atoms with Gasteiger partial charge in [-0.05, 0) is 62.2 Å². The number of ether oxygens (including phenoxy) is 1. The molecule has 0 bridgehead atoms. The van der Waals surface area contributed by atoms with Crippen LogP contribution in [-0.2, 0) is 0 Å². The predicted molar refractivity (Wildman–Crippen MR) is 105 cm³/mol. The zero-order valence-corrected chi connectivity index (χ0v) is 15.3. The first-order valence-corrected chi connectivity index (χ1v) is 8.95. The van der Waals surface area contributed by atoms with Gasteiger partial charge in [0.1, 0.15) is 11.6 Å². The Bertz CT molecular complexity index is 1100. The summed E-state index contributed by atoms with van der Waals surface area (Å²) in [5, 5.41) is 3.91. The highest BCUT2D eigenvalue weighted by Gasteiger charge is 2.24. The van der Waals surface area contributed by atoms with Crippen molar-refractivity contribution in [3.05, 3.63) is 69.6 Å². The fourth-order valence-electron chi connectivity index (χ4n) is 3.65. The molecule has 1 N–H and O–H groups in total. The average molecular weight is 360 g/mol. The second-order valence-corrected chi connectivity index (χ2v) is 6.73. The Hall–Kier alpha value is -3.17. The van der Waals surface area contributed by atoms with Crippen LogP contribution in [0.2, 0.25) is 0 Å². The van der Waals surface area contributed by atoms with E-state index >= 15 is 0 Å². The number of hydrogen-bond donors (Lipinski definition) is 1. The Balaban J connectivity index is 2.04. The van der Waals surface area contributed by atoms with Crippen LogP contribution in [0.4, 0.5) is 5.69 Å². The van der Waals surface area contributed by atoms with E-state index < -0.39 is 0 Å². The predicted octanol–water partition coefficient (Wildman–Crippen LogP) is 3.68. The molecular formula is C21H20N4O2. The Labute approximate surface area is 157 Å². The third-order valence-electron chi connectivity index (χ3n) is 5.01. The quantitative estimate of drug-likeness (QED) is 0.724. The summed E-state index contributed by atoms with van der Waals surface area (Å²) in [6, 6.07) is 10.8. The second-order valence-electron chi connectivity index (χ2n) is 6.73. The molecule has 1 aliphatic heterocycles. The summed E-state index contributed by atoms with van der Waals surface area (Å²) < 4.78 is 6.90. The highest BCUT2D eigenvalue weighted by molar-refractivity contribution is 5.85. The molecule has 6 nitrogen and oxygen atoms in total. The van der Waals surface area contributed by atoms with Crippen LogP contribution in [0.3, 0.4) is 0 Å². The number of benzene rings is 2. The maximum absolute atomic E-state index is 13.4. The molecule has 0 amide bonds. The number of nitrogens with zero attached hydrogens (tertiary/aromatic N) is 3. The van der Waals surface area contributed by atoms with Crippen molar-refractivity contribution in [2.45, 2.75) is 25.8 Å². The number of methoxy groups -OCH3 is 1. The van der Waals surface area contributed by atoms with Crippen LogP contribution in [0.25, 0.3) is 21.4 Å². The number of hydrogen-bond acceptors (Lipinski definition) is 4. The van der Waals surface area contributed by atoms with E-state index in [9.17, 15) is 4.79 Å². The first-order valence-electron chi connectivity index (χ1n) is 8.95. The topological polar surface area (TPSA) is 60.5 Å². The van der Waals surface area contributed by atoms with Crippen molar-refractivity contribution in [3.63, 3.8) is 0 Å². The van der Waals surface area contributed by atoms with E-state index in [0.29, 0.717) is 22.4 Å². The van der Waals surface area contributed by atoms with E-state index in [4.69, 9.17) is 16.3 Å². The van der Waals surface area contributed by atoms with Crippen LogP contribution in [-0.4, -0.2) is 23.2 Å². The SMILES string of the molecule is [C-]#[N+]c1cc(C)c2nc([C@@H]3CCCN3)n(-c3ccc(OC)cc3)c(=O)c2c1. The Kier molecular flexibility index (Phi) is 4.38. The molecule has 0 unspecified atom stereocenters. The van der Waals surface area contributed by atoms with Crippen molar-refractivity contribution in [1.29, 1.82) is 0 Å². The molecule has 3 aromatic rings. The first-order chi connectivity index (χ1) is 13.1. The summed E-state index contributed by atoms with van der Waals surface area (Å²) in [6.07, 6.45) is 1.99. The zero-order valence-electron chi connectivity index (χ0n) is 15.3. The van der Waals surface area contributed by atoms with Crippen LogP contribution in [0, 0.1) is 13.5 Å². The average Bonchev–Trinajstić information content (AvgIpc) is 3.23. The van der Waals surface area contributed by atoms with Gasteiger partial charge in [0.25, 0.3) is 5.56 Å². The van der Waals surface area contributed by atoms with Gasteiger partial charge in [-0.15, -0.1) is 0 Å². The van der Waals surface area contributed by atoms with Gasteiger partial charge >= 0.3 is 0 Å². The minimum Gasteiger partial charge on any atom is -0.497 e. The number of fused-ring (bicyclic) bond motifs is 1. The summed E-state index contributed by atoms with van der Waals surface area (Å²) >= 11 is 0. The lowest BCUT2D eigenvalue weighted by atomic mass is 10.1. The van der Waals surface area contributed by atoms with Gasteiger partial charge in [-0.3, -0.25) is 9.36 Å². The van der Waals surface area contributed by atoms with Crippen molar-refractivity contribution < 1.29 is 4.74 Å². The smallest absolute Gasteiger partial charge is 0.264 e. The number of aryl methyl sites for hydroxylation is 1. The van der Waals surface area contributed by atoms with Gasteiger partial charge in [-0.1, -0.05) is 6.07 Å². The zero-order chi connectivity index (χ0) is 19.0. The van der Waals surface area contributed by atoms with E-state index in [0.717, 1.165) is 36.4 Å². The van der Waals surface area contributed by atoms with Crippen LogP contribution in [0.5, 0.6) is 5.75 Å². The van der Waals surface area contributed by atoms with E-state index in [2.05, 4.69) is 10.2 Å². The molecular weight excluding hydrogens is 340 g/mol. The molecule has 1 saturated heterocycles. The summed E-state index contributed by atoms with van der Waals surface area (Å²) in [5.41, 5.74) is 2.55. The van der Waals surface area contributed by atoms with Crippen LogP contribution in [0.1, 0.15) is 30.3 Å². The summed E-state index contributed by atoms with van der Waals surface area (Å²) in [7, 11) is 1.61. The molecule has 1 atom stereocenters. The Morgan fingerprint density at radius 3 is 2.70 bits per heavy atom. The fourth-order valence-corrected chi connectivity index (χ4v) is 3.65. The van der Waals surface area contributed by atoms with Crippen LogP contribution in [0.15, 0.2) is 41.2 Å². The van der Waals surface area contributed by atoms with Gasteiger partial charge < -0.3 is 10.1 Å². The number of nitrogens with one attached hydrogen (secondary N) is 1.